The van der Waals surface area contributed by atoms with E-state index in [-0.39, 0.29) is 6.04 Å². The Morgan fingerprint density at radius 2 is 2.33 bits per heavy atom. The zero-order chi connectivity index (χ0) is 14.7. The summed E-state index contributed by atoms with van der Waals surface area (Å²) in [7, 11) is 1.67. The minimum absolute atomic E-state index is 0.261. The van der Waals surface area contributed by atoms with Gasteiger partial charge in [0.25, 0.3) is 0 Å². The maximum atomic E-state index is 5.69. The molecular weight excluding hydrogens is 270 g/mol. The monoisotopic (exact) mass is 289 g/mol. The van der Waals surface area contributed by atoms with Gasteiger partial charge in [-0.05, 0) is 18.2 Å². The lowest BCUT2D eigenvalue weighted by atomic mass is 10.00. The molecule has 1 aromatic carbocycles. The van der Waals surface area contributed by atoms with E-state index in [2.05, 4.69) is 15.5 Å². The Balaban J connectivity index is 1.64. The van der Waals surface area contributed by atoms with Crippen molar-refractivity contribution in [2.45, 2.75) is 25.8 Å². The third kappa shape index (κ3) is 3.16. The lowest BCUT2D eigenvalue weighted by Gasteiger charge is -2.27. The fourth-order valence-electron chi connectivity index (χ4n) is 2.51. The van der Waals surface area contributed by atoms with E-state index in [1.165, 1.54) is 0 Å². The molecule has 112 valence electrons. The van der Waals surface area contributed by atoms with Gasteiger partial charge in [0, 0.05) is 37.9 Å². The highest BCUT2D eigenvalue weighted by molar-refractivity contribution is 5.43. The summed E-state index contributed by atoms with van der Waals surface area (Å²) in [5, 5.41) is 7.43. The van der Waals surface area contributed by atoms with Gasteiger partial charge in [-0.2, -0.15) is 4.98 Å². The molecule has 21 heavy (non-hydrogen) atoms. The fraction of sp³-hybridized carbons (Fsp3) is 0.467. The summed E-state index contributed by atoms with van der Waals surface area (Å²) in [6.07, 6.45) is 1.68. The molecule has 1 aliphatic rings. The highest BCUT2D eigenvalue weighted by Crippen LogP contribution is 2.34. The molecule has 0 radical (unpaired) electrons. The first-order valence-electron chi connectivity index (χ1n) is 7.09. The predicted molar refractivity (Wildman–Crippen MR) is 76.6 cm³/mol. The van der Waals surface area contributed by atoms with E-state index in [1.54, 1.807) is 14.0 Å². The van der Waals surface area contributed by atoms with Crippen LogP contribution in [0.4, 0.5) is 0 Å². The number of rotatable bonds is 5. The number of nitrogens with one attached hydrogen (secondary N) is 1. The van der Waals surface area contributed by atoms with Crippen LogP contribution >= 0.6 is 0 Å². The summed E-state index contributed by atoms with van der Waals surface area (Å²) in [5.74, 6) is 3.11. The van der Waals surface area contributed by atoms with Crippen molar-refractivity contribution >= 4 is 0 Å². The number of aryl methyl sites for hydroxylation is 1. The molecule has 6 heteroatoms. The Hall–Kier alpha value is -2.08. The molecule has 1 N–H and O–H groups in total. The summed E-state index contributed by atoms with van der Waals surface area (Å²) in [5.41, 5.74) is 1.14. The quantitative estimate of drug-likeness (QED) is 0.908. The minimum atomic E-state index is 0.261. The molecule has 1 aromatic heterocycles. The van der Waals surface area contributed by atoms with Gasteiger partial charge in [-0.1, -0.05) is 5.16 Å². The third-order valence-electron chi connectivity index (χ3n) is 3.57. The molecule has 1 aliphatic heterocycles. The molecule has 0 spiro atoms. The average Bonchev–Trinajstić information content (AvgIpc) is 2.92. The first-order valence-corrected chi connectivity index (χ1v) is 7.09. The Morgan fingerprint density at radius 1 is 1.43 bits per heavy atom. The zero-order valence-corrected chi connectivity index (χ0v) is 12.3. The topological polar surface area (TPSA) is 69.4 Å². The summed E-state index contributed by atoms with van der Waals surface area (Å²) < 4.78 is 15.9. The van der Waals surface area contributed by atoms with Gasteiger partial charge in [-0.3, -0.25) is 0 Å². The van der Waals surface area contributed by atoms with Gasteiger partial charge in [0.05, 0.1) is 13.7 Å². The van der Waals surface area contributed by atoms with Gasteiger partial charge in [0.2, 0.25) is 5.89 Å². The molecule has 0 bridgehead atoms. The summed E-state index contributed by atoms with van der Waals surface area (Å²) in [6.45, 7) is 3.31. The maximum Gasteiger partial charge on any atom is 0.223 e. The molecule has 0 saturated heterocycles. The van der Waals surface area contributed by atoms with Gasteiger partial charge in [0.15, 0.2) is 5.82 Å². The third-order valence-corrected chi connectivity index (χ3v) is 3.57. The fourth-order valence-corrected chi connectivity index (χ4v) is 2.51. The second-order valence-electron chi connectivity index (χ2n) is 5.03. The Kier molecular flexibility index (Phi) is 4.06. The van der Waals surface area contributed by atoms with Crippen LogP contribution in [0.1, 0.15) is 29.7 Å². The van der Waals surface area contributed by atoms with E-state index in [9.17, 15) is 0 Å². The molecular formula is C15H19N3O3. The molecule has 1 unspecified atom stereocenters. The smallest absolute Gasteiger partial charge is 0.223 e. The molecule has 0 amide bonds. The van der Waals surface area contributed by atoms with Crippen LogP contribution in [0.2, 0.25) is 0 Å². The van der Waals surface area contributed by atoms with Gasteiger partial charge in [-0.25, -0.2) is 0 Å². The lowest BCUT2D eigenvalue weighted by Crippen LogP contribution is -2.28. The van der Waals surface area contributed by atoms with Crippen molar-refractivity contribution in [2.75, 3.05) is 20.3 Å². The number of aromatic nitrogens is 2. The predicted octanol–water partition coefficient (Wildman–Crippen LogP) is 2.04. The molecule has 0 fully saturated rings. The number of hydrogen-bond donors (Lipinski definition) is 1. The number of benzene rings is 1. The highest BCUT2D eigenvalue weighted by atomic mass is 16.5. The molecule has 0 aliphatic carbocycles. The molecule has 3 rings (SSSR count). The van der Waals surface area contributed by atoms with Crippen molar-refractivity contribution in [2.24, 2.45) is 0 Å². The van der Waals surface area contributed by atoms with Crippen LogP contribution in [0, 0.1) is 6.92 Å². The van der Waals surface area contributed by atoms with E-state index in [4.69, 9.17) is 14.0 Å². The lowest BCUT2D eigenvalue weighted by molar-refractivity contribution is 0.252. The van der Waals surface area contributed by atoms with Gasteiger partial charge in [-0.15, -0.1) is 0 Å². The number of ether oxygens (including phenoxy) is 2. The van der Waals surface area contributed by atoms with E-state index < -0.39 is 0 Å². The van der Waals surface area contributed by atoms with Crippen LogP contribution in [0.25, 0.3) is 0 Å². The summed E-state index contributed by atoms with van der Waals surface area (Å²) in [6, 6.07) is 6.18. The van der Waals surface area contributed by atoms with Gasteiger partial charge >= 0.3 is 0 Å². The average molecular weight is 289 g/mol. The van der Waals surface area contributed by atoms with Crippen LogP contribution in [0.5, 0.6) is 11.5 Å². The van der Waals surface area contributed by atoms with Crippen molar-refractivity contribution in [3.8, 4) is 11.5 Å². The van der Waals surface area contributed by atoms with Gasteiger partial charge < -0.3 is 19.3 Å². The van der Waals surface area contributed by atoms with Crippen LogP contribution in [-0.4, -0.2) is 30.4 Å². The Labute approximate surface area is 123 Å². The van der Waals surface area contributed by atoms with Crippen LogP contribution in [-0.2, 0) is 6.42 Å². The van der Waals surface area contributed by atoms with Crippen molar-refractivity contribution < 1.29 is 14.0 Å². The Morgan fingerprint density at radius 3 is 3.10 bits per heavy atom. The van der Waals surface area contributed by atoms with Crippen molar-refractivity contribution in [1.29, 1.82) is 0 Å². The van der Waals surface area contributed by atoms with Crippen LogP contribution in [0.3, 0.4) is 0 Å². The van der Waals surface area contributed by atoms with Crippen LogP contribution in [0.15, 0.2) is 22.7 Å². The first kappa shape index (κ1) is 13.9. The highest BCUT2D eigenvalue weighted by Gasteiger charge is 2.21. The summed E-state index contributed by atoms with van der Waals surface area (Å²) in [4.78, 5) is 4.20. The summed E-state index contributed by atoms with van der Waals surface area (Å²) >= 11 is 0. The number of nitrogens with zero attached hydrogens (tertiary/aromatic N) is 2. The van der Waals surface area contributed by atoms with Crippen molar-refractivity contribution in [3.63, 3.8) is 0 Å². The standard InChI is InChI=1S/C15H19N3O3/c1-10-17-15(18-21-10)5-7-16-13-6-8-20-14-4-3-11(19-2)9-12(13)14/h3-4,9,13,16H,5-8H2,1-2H3. The van der Waals surface area contributed by atoms with Gasteiger partial charge in [0.1, 0.15) is 11.5 Å². The van der Waals surface area contributed by atoms with Crippen LogP contribution < -0.4 is 14.8 Å². The second kappa shape index (κ2) is 6.13. The molecule has 0 saturated carbocycles. The maximum absolute atomic E-state index is 5.69. The van der Waals surface area contributed by atoms with E-state index in [1.807, 2.05) is 18.2 Å². The molecule has 2 heterocycles. The molecule has 1 atom stereocenters. The number of fused-ring (bicyclic) bond motifs is 1. The number of hydrogen-bond acceptors (Lipinski definition) is 6. The molecule has 2 aromatic rings. The van der Waals surface area contributed by atoms with E-state index in [0.717, 1.165) is 48.9 Å². The van der Waals surface area contributed by atoms with Crippen molar-refractivity contribution in [3.05, 3.63) is 35.5 Å². The zero-order valence-electron chi connectivity index (χ0n) is 12.3. The number of methoxy groups -OCH3 is 1. The largest absolute Gasteiger partial charge is 0.497 e. The first-order chi connectivity index (χ1) is 10.3. The second-order valence-corrected chi connectivity index (χ2v) is 5.03. The van der Waals surface area contributed by atoms with Crippen molar-refractivity contribution in [1.82, 2.24) is 15.5 Å². The normalized spacial score (nSPS) is 17.1. The molecule has 6 nitrogen and oxygen atoms in total. The van der Waals surface area contributed by atoms with E-state index >= 15 is 0 Å². The minimum Gasteiger partial charge on any atom is -0.497 e. The van der Waals surface area contributed by atoms with E-state index in [0.29, 0.717) is 5.89 Å². The Bertz CT molecular complexity index is 612. The SMILES string of the molecule is COc1ccc2c(c1)C(NCCc1noc(C)n1)CCO2.